The smallest absolute Gasteiger partial charge is 0.154 e. The third kappa shape index (κ3) is 3.66. The minimum Gasteiger partial charge on any atom is -0.382 e. The number of hydrogen-bond acceptors (Lipinski definition) is 5. The third-order valence-corrected chi connectivity index (χ3v) is 2.66. The highest BCUT2D eigenvalue weighted by Crippen LogP contribution is 2.25. The van der Waals surface area contributed by atoms with Crippen LogP contribution in [0.4, 0.5) is 11.6 Å². The van der Waals surface area contributed by atoms with E-state index in [0.29, 0.717) is 31.4 Å². The Labute approximate surface area is 112 Å². The summed E-state index contributed by atoms with van der Waals surface area (Å²) < 4.78 is 5.26. The van der Waals surface area contributed by atoms with Gasteiger partial charge in [0.25, 0.3) is 0 Å². The van der Waals surface area contributed by atoms with Gasteiger partial charge in [-0.1, -0.05) is 30.3 Å². The standard InChI is InChI=1S/C14H18N4O/c1-2-19-9-8-16-13-10-12(14(15)18-17-13)11-6-4-3-5-7-11/h3-7,10H,2,8-9H2,1H3,(H2,15,18)(H,16,17). The zero-order valence-electron chi connectivity index (χ0n) is 11.0. The minimum atomic E-state index is 0.432. The van der Waals surface area contributed by atoms with E-state index < -0.39 is 0 Å². The Morgan fingerprint density at radius 3 is 2.74 bits per heavy atom. The van der Waals surface area contributed by atoms with Crippen LogP contribution >= 0.6 is 0 Å². The predicted molar refractivity (Wildman–Crippen MR) is 76.9 cm³/mol. The maximum absolute atomic E-state index is 5.87. The van der Waals surface area contributed by atoms with Crippen LogP contribution in [-0.2, 0) is 4.74 Å². The first kappa shape index (κ1) is 13.3. The van der Waals surface area contributed by atoms with Crippen molar-refractivity contribution < 1.29 is 4.74 Å². The fourth-order valence-electron chi connectivity index (χ4n) is 1.73. The highest BCUT2D eigenvalue weighted by molar-refractivity contribution is 5.75. The van der Waals surface area contributed by atoms with E-state index in [0.717, 1.165) is 11.1 Å². The number of nitrogens with one attached hydrogen (secondary N) is 1. The van der Waals surface area contributed by atoms with Crippen molar-refractivity contribution in [3.8, 4) is 11.1 Å². The van der Waals surface area contributed by atoms with Gasteiger partial charge in [0.05, 0.1) is 6.61 Å². The SMILES string of the molecule is CCOCCNc1cc(-c2ccccc2)c(N)nn1. The molecule has 0 aliphatic rings. The number of nitrogen functional groups attached to an aromatic ring is 1. The number of nitrogens with two attached hydrogens (primary N) is 1. The highest BCUT2D eigenvalue weighted by Gasteiger charge is 2.06. The number of nitrogens with zero attached hydrogens (tertiary/aromatic N) is 2. The van der Waals surface area contributed by atoms with Crippen LogP contribution in [-0.4, -0.2) is 30.0 Å². The lowest BCUT2D eigenvalue weighted by atomic mass is 10.1. The Balaban J connectivity index is 2.11. The van der Waals surface area contributed by atoms with Gasteiger partial charge in [0, 0.05) is 18.7 Å². The number of rotatable bonds is 6. The molecule has 0 amide bonds. The molecule has 1 heterocycles. The molecule has 19 heavy (non-hydrogen) atoms. The second kappa shape index (κ2) is 6.70. The Hall–Kier alpha value is -2.14. The normalized spacial score (nSPS) is 10.4. The predicted octanol–water partition coefficient (Wildman–Crippen LogP) is 2.17. The molecule has 0 spiro atoms. The van der Waals surface area contributed by atoms with Crippen molar-refractivity contribution in [2.45, 2.75) is 6.92 Å². The quantitative estimate of drug-likeness (QED) is 0.777. The molecular formula is C14H18N4O. The van der Waals surface area contributed by atoms with E-state index in [1.807, 2.05) is 43.3 Å². The van der Waals surface area contributed by atoms with Crippen LogP contribution < -0.4 is 11.1 Å². The van der Waals surface area contributed by atoms with Gasteiger partial charge in [-0.2, -0.15) is 0 Å². The van der Waals surface area contributed by atoms with Crippen LogP contribution in [0.3, 0.4) is 0 Å². The summed E-state index contributed by atoms with van der Waals surface area (Å²) in [5.74, 6) is 1.13. The van der Waals surface area contributed by atoms with Crippen LogP contribution in [0.2, 0.25) is 0 Å². The average Bonchev–Trinajstić information content (AvgIpc) is 2.46. The molecule has 0 saturated heterocycles. The molecule has 3 N–H and O–H groups in total. The second-order valence-electron chi connectivity index (χ2n) is 4.02. The summed E-state index contributed by atoms with van der Waals surface area (Å²) in [6, 6.07) is 11.8. The Morgan fingerprint density at radius 1 is 1.21 bits per heavy atom. The van der Waals surface area contributed by atoms with Gasteiger partial charge in [-0.05, 0) is 18.6 Å². The van der Waals surface area contributed by atoms with Gasteiger partial charge in [0.2, 0.25) is 0 Å². The van der Waals surface area contributed by atoms with Crippen molar-refractivity contribution in [3.05, 3.63) is 36.4 Å². The average molecular weight is 258 g/mol. The third-order valence-electron chi connectivity index (χ3n) is 2.66. The summed E-state index contributed by atoms with van der Waals surface area (Å²) in [6.45, 7) is 4.02. The molecule has 0 radical (unpaired) electrons. The molecule has 0 unspecified atom stereocenters. The molecule has 0 aliphatic heterocycles. The van der Waals surface area contributed by atoms with Crippen molar-refractivity contribution in [2.24, 2.45) is 0 Å². The van der Waals surface area contributed by atoms with Crippen molar-refractivity contribution in [2.75, 3.05) is 30.8 Å². The lowest BCUT2D eigenvalue weighted by Gasteiger charge is -2.08. The van der Waals surface area contributed by atoms with E-state index >= 15 is 0 Å². The Kier molecular flexibility index (Phi) is 4.69. The number of aromatic nitrogens is 2. The minimum absolute atomic E-state index is 0.432. The molecule has 1 aromatic heterocycles. The van der Waals surface area contributed by atoms with Crippen molar-refractivity contribution in [3.63, 3.8) is 0 Å². The van der Waals surface area contributed by atoms with Crippen molar-refractivity contribution >= 4 is 11.6 Å². The van der Waals surface area contributed by atoms with Gasteiger partial charge < -0.3 is 15.8 Å². The van der Waals surface area contributed by atoms with Crippen LogP contribution in [0.1, 0.15) is 6.92 Å². The fourth-order valence-corrected chi connectivity index (χ4v) is 1.73. The van der Waals surface area contributed by atoms with Gasteiger partial charge >= 0.3 is 0 Å². The number of ether oxygens (including phenoxy) is 1. The molecule has 5 heteroatoms. The van der Waals surface area contributed by atoms with Gasteiger partial charge in [0.15, 0.2) is 5.82 Å². The van der Waals surface area contributed by atoms with Crippen molar-refractivity contribution in [1.82, 2.24) is 10.2 Å². The van der Waals surface area contributed by atoms with Crippen LogP contribution in [0.5, 0.6) is 0 Å². The molecule has 2 aromatic rings. The van der Waals surface area contributed by atoms with Crippen LogP contribution in [0.25, 0.3) is 11.1 Å². The maximum Gasteiger partial charge on any atom is 0.154 e. The molecular weight excluding hydrogens is 240 g/mol. The molecule has 0 bridgehead atoms. The lowest BCUT2D eigenvalue weighted by molar-refractivity contribution is 0.158. The fraction of sp³-hybridized carbons (Fsp3) is 0.286. The van der Waals surface area contributed by atoms with Crippen LogP contribution in [0.15, 0.2) is 36.4 Å². The largest absolute Gasteiger partial charge is 0.382 e. The summed E-state index contributed by atoms with van der Waals surface area (Å²) in [4.78, 5) is 0. The van der Waals surface area contributed by atoms with Crippen LogP contribution in [0, 0.1) is 0 Å². The van der Waals surface area contributed by atoms with Gasteiger partial charge in [-0.15, -0.1) is 10.2 Å². The Bertz CT molecular complexity index is 516. The molecule has 100 valence electrons. The zero-order chi connectivity index (χ0) is 13.5. The summed E-state index contributed by atoms with van der Waals surface area (Å²) >= 11 is 0. The van der Waals surface area contributed by atoms with Gasteiger partial charge in [-0.3, -0.25) is 0 Å². The number of benzene rings is 1. The number of hydrogen-bond donors (Lipinski definition) is 2. The van der Waals surface area contributed by atoms with E-state index in [1.54, 1.807) is 0 Å². The van der Waals surface area contributed by atoms with E-state index in [2.05, 4.69) is 15.5 Å². The van der Waals surface area contributed by atoms with E-state index in [1.165, 1.54) is 0 Å². The summed E-state index contributed by atoms with van der Waals surface area (Å²) in [6.07, 6.45) is 0. The first-order valence-corrected chi connectivity index (χ1v) is 6.31. The monoisotopic (exact) mass is 258 g/mol. The lowest BCUT2D eigenvalue weighted by Crippen LogP contribution is -2.11. The topological polar surface area (TPSA) is 73.1 Å². The Morgan fingerprint density at radius 2 is 2.00 bits per heavy atom. The first-order chi connectivity index (χ1) is 9.31. The maximum atomic E-state index is 5.87. The van der Waals surface area contributed by atoms with E-state index in [4.69, 9.17) is 10.5 Å². The molecule has 5 nitrogen and oxygen atoms in total. The van der Waals surface area contributed by atoms with E-state index in [9.17, 15) is 0 Å². The second-order valence-corrected chi connectivity index (χ2v) is 4.02. The molecule has 1 aromatic carbocycles. The zero-order valence-corrected chi connectivity index (χ0v) is 11.0. The van der Waals surface area contributed by atoms with Crippen molar-refractivity contribution in [1.29, 1.82) is 0 Å². The van der Waals surface area contributed by atoms with Gasteiger partial charge in [-0.25, -0.2) is 0 Å². The summed E-state index contributed by atoms with van der Waals surface area (Å²) in [5.41, 5.74) is 7.79. The molecule has 0 atom stereocenters. The highest BCUT2D eigenvalue weighted by atomic mass is 16.5. The molecule has 0 saturated carbocycles. The summed E-state index contributed by atoms with van der Waals surface area (Å²) in [5, 5.41) is 11.2. The summed E-state index contributed by atoms with van der Waals surface area (Å²) in [7, 11) is 0. The molecule has 0 aliphatic carbocycles. The first-order valence-electron chi connectivity index (χ1n) is 6.31. The molecule has 2 rings (SSSR count). The molecule has 0 fully saturated rings. The van der Waals surface area contributed by atoms with Gasteiger partial charge in [0.1, 0.15) is 5.82 Å². The van der Waals surface area contributed by atoms with E-state index in [-0.39, 0.29) is 0 Å². The number of anilines is 2.